The van der Waals surface area contributed by atoms with Gasteiger partial charge in [0.15, 0.2) is 0 Å². The van der Waals surface area contributed by atoms with E-state index in [1.165, 1.54) is 0 Å². The molecule has 0 saturated carbocycles. The van der Waals surface area contributed by atoms with Crippen LogP contribution in [0.25, 0.3) is 0 Å². The molecule has 6 nitrogen and oxygen atoms in total. The third kappa shape index (κ3) is 4.86. The summed E-state index contributed by atoms with van der Waals surface area (Å²) in [6.45, 7) is 4.82. The molecule has 2 N–H and O–H groups in total. The highest BCUT2D eigenvalue weighted by molar-refractivity contribution is 5.92. The number of nitrogens with one attached hydrogen (secondary N) is 2. The zero-order valence-corrected chi connectivity index (χ0v) is 14.9. The first-order chi connectivity index (χ1) is 12.6. The van der Waals surface area contributed by atoms with Gasteiger partial charge in [0.1, 0.15) is 5.69 Å². The van der Waals surface area contributed by atoms with Gasteiger partial charge in [-0.15, -0.1) is 0 Å². The van der Waals surface area contributed by atoms with Gasteiger partial charge in [0.05, 0.1) is 12.2 Å². The first-order valence-corrected chi connectivity index (χ1v) is 8.43. The van der Waals surface area contributed by atoms with Crippen LogP contribution in [0.2, 0.25) is 0 Å². The van der Waals surface area contributed by atoms with Crippen LogP contribution in [0.15, 0.2) is 54.7 Å². The largest absolute Gasteiger partial charge is 0.349 e. The van der Waals surface area contributed by atoms with Crippen molar-refractivity contribution in [1.82, 2.24) is 20.3 Å². The molecule has 0 spiro atoms. The maximum atomic E-state index is 12.4. The average molecular weight is 347 g/mol. The van der Waals surface area contributed by atoms with E-state index >= 15 is 0 Å². The van der Waals surface area contributed by atoms with Gasteiger partial charge in [-0.1, -0.05) is 35.9 Å². The summed E-state index contributed by atoms with van der Waals surface area (Å²) in [5.41, 5.74) is 4.16. The molecule has 6 heteroatoms. The number of benzene rings is 1. The standard InChI is InChI=1S/C20H21N5O/c1-14-6-5-7-16(10-14)12-22-19(26)18-11-15(2)24-20(25-18)23-13-17-8-3-4-9-21-17/h3-11H,12-13H2,1-2H3,(H,22,26)(H,23,24,25). The average Bonchev–Trinajstić information content (AvgIpc) is 2.65. The van der Waals surface area contributed by atoms with E-state index < -0.39 is 0 Å². The molecule has 0 saturated heterocycles. The summed E-state index contributed by atoms with van der Waals surface area (Å²) in [6.07, 6.45) is 1.73. The first-order valence-electron chi connectivity index (χ1n) is 8.43. The van der Waals surface area contributed by atoms with Crippen LogP contribution in [0, 0.1) is 13.8 Å². The molecule has 0 fully saturated rings. The van der Waals surface area contributed by atoms with Crippen molar-refractivity contribution in [2.45, 2.75) is 26.9 Å². The van der Waals surface area contributed by atoms with E-state index in [9.17, 15) is 4.79 Å². The normalized spacial score (nSPS) is 10.4. The smallest absolute Gasteiger partial charge is 0.270 e. The lowest BCUT2D eigenvalue weighted by molar-refractivity contribution is 0.0945. The van der Waals surface area contributed by atoms with Crippen molar-refractivity contribution < 1.29 is 4.79 Å². The van der Waals surface area contributed by atoms with Gasteiger partial charge in [-0.3, -0.25) is 9.78 Å². The van der Waals surface area contributed by atoms with Crippen LogP contribution >= 0.6 is 0 Å². The molecular weight excluding hydrogens is 326 g/mol. The Morgan fingerprint density at radius 1 is 1.00 bits per heavy atom. The van der Waals surface area contributed by atoms with E-state index in [-0.39, 0.29) is 5.91 Å². The second-order valence-electron chi connectivity index (χ2n) is 6.06. The lowest BCUT2D eigenvalue weighted by atomic mass is 10.1. The lowest BCUT2D eigenvalue weighted by Gasteiger charge is -2.09. The fourth-order valence-electron chi connectivity index (χ4n) is 2.53. The van der Waals surface area contributed by atoms with Crippen LogP contribution in [0.3, 0.4) is 0 Å². The lowest BCUT2D eigenvalue weighted by Crippen LogP contribution is -2.24. The van der Waals surface area contributed by atoms with E-state index in [0.717, 1.165) is 22.5 Å². The van der Waals surface area contributed by atoms with E-state index in [0.29, 0.717) is 24.7 Å². The monoisotopic (exact) mass is 347 g/mol. The van der Waals surface area contributed by atoms with Crippen molar-refractivity contribution in [2.24, 2.45) is 0 Å². The minimum atomic E-state index is -0.224. The number of aromatic nitrogens is 3. The molecular formula is C20H21N5O. The van der Waals surface area contributed by atoms with Gasteiger partial charge in [-0.05, 0) is 37.6 Å². The summed E-state index contributed by atoms with van der Waals surface area (Å²) in [7, 11) is 0. The Balaban J connectivity index is 1.65. The number of carbonyl (C=O) groups is 1. The summed E-state index contributed by atoms with van der Waals surface area (Å²) in [4.78, 5) is 25.3. The van der Waals surface area contributed by atoms with Crippen molar-refractivity contribution in [3.63, 3.8) is 0 Å². The highest BCUT2D eigenvalue weighted by atomic mass is 16.1. The number of hydrogen-bond donors (Lipinski definition) is 2. The highest BCUT2D eigenvalue weighted by Gasteiger charge is 2.10. The molecule has 0 aliphatic rings. The fourth-order valence-corrected chi connectivity index (χ4v) is 2.53. The van der Waals surface area contributed by atoms with Crippen molar-refractivity contribution in [3.8, 4) is 0 Å². The summed E-state index contributed by atoms with van der Waals surface area (Å²) >= 11 is 0. The van der Waals surface area contributed by atoms with Crippen molar-refractivity contribution in [2.75, 3.05) is 5.32 Å². The molecule has 2 aromatic heterocycles. The number of nitrogens with zero attached hydrogens (tertiary/aromatic N) is 3. The zero-order chi connectivity index (χ0) is 18.4. The van der Waals surface area contributed by atoms with Gasteiger partial charge in [0, 0.05) is 18.4 Å². The quantitative estimate of drug-likeness (QED) is 0.716. The van der Waals surface area contributed by atoms with Gasteiger partial charge < -0.3 is 10.6 Å². The summed E-state index contributed by atoms with van der Waals surface area (Å²) in [6, 6.07) is 15.4. The summed E-state index contributed by atoms with van der Waals surface area (Å²) in [5, 5.41) is 6.01. The molecule has 0 aliphatic carbocycles. The zero-order valence-electron chi connectivity index (χ0n) is 14.9. The predicted molar refractivity (Wildman–Crippen MR) is 101 cm³/mol. The van der Waals surface area contributed by atoms with Crippen LogP contribution in [-0.2, 0) is 13.1 Å². The van der Waals surface area contributed by atoms with Gasteiger partial charge >= 0.3 is 0 Å². The summed E-state index contributed by atoms with van der Waals surface area (Å²) in [5.74, 6) is 0.189. The maximum absolute atomic E-state index is 12.4. The Kier molecular flexibility index (Phi) is 5.53. The third-order valence-electron chi connectivity index (χ3n) is 3.78. The van der Waals surface area contributed by atoms with Crippen molar-refractivity contribution in [1.29, 1.82) is 0 Å². The SMILES string of the molecule is Cc1cccc(CNC(=O)c2cc(C)nc(NCc3ccccn3)n2)c1. The van der Waals surface area contributed by atoms with Gasteiger partial charge in [0.2, 0.25) is 5.95 Å². The first kappa shape index (κ1) is 17.5. The third-order valence-corrected chi connectivity index (χ3v) is 3.78. The molecule has 0 radical (unpaired) electrons. The second kappa shape index (κ2) is 8.20. The van der Waals surface area contributed by atoms with Crippen molar-refractivity contribution >= 4 is 11.9 Å². The van der Waals surface area contributed by atoms with Crippen LogP contribution in [0.5, 0.6) is 0 Å². The Labute approximate surface area is 152 Å². The number of aryl methyl sites for hydroxylation is 2. The number of hydrogen-bond acceptors (Lipinski definition) is 5. The van der Waals surface area contributed by atoms with E-state index in [2.05, 4.69) is 25.6 Å². The Bertz CT molecular complexity index is 896. The molecule has 26 heavy (non-hydrogen) atoms. The molecule has 0 aliphatic heterocycles. The minimum absolute atomic E-state index is 0.224. The second-order valence-corrected chi connectivity index (χ2v) is 6.06. The molecule has 1 aromatic carbocycles. The number of pyridine rings is 1. The molecule has 1 amide bonds. The van der Waals surface area contributed by atoms with Crippen LogP contribution in [0.1, 0.15) is 33.0 Å². The van der Waals surface area contributed by atoms with Gasteiger partial charge in [0.25, 0.3) is 5.91 Å². The van der Waals surface area contributed by atoms with E-state index in [1.54, 1.807) is 12.3 Å². The molecule has 132 valence electrons. The molecule has 0 unspecified atom stereocenters. The molecule has 3 rings (SSSR count). The molecule has 0 bridgehead atoms. The number of amides is 1. The van der Waals surface area contributed by atoms with Crippen LogP contribution in [-0.4, -0.2) is 20.9 Å². The van der Waals surface area contributed by atoms with E-state index in [1.807, 2.05) is 56.3 Å². The number of carbonyl (C=O) groups excluding carboxylic acids is 1. The van der Waals surface area contributed by atoms with Gasteiger partial charge in [-0.25, -0.2) is 9.97 Å². The topological polar surface area (TPSA) is 79.8 Å². The van der Waals surface area contributed by atoms with Crippen LogP contribution in [0.4, 0.5) is 5.95 Å². The Hall–Kier alpha value is -3.28. The predicted octanol–water partition coefficient (Wildman–Crippen LogP) is 3.03. The molecule has 3 aromatic rings. The highest BCUT2D eigenvalue weighted by Crippen LogP contribution is 2.08. The Morgan fingerprint density at radius 2 is 1.88 bits per heavy atom. The maximum Gasteiger partial charge on any atom is 0.270 e. The number of anilines is 1. The molecule has 2 heterocycles. The van der Waals surface area contributed by atoms with Crippen molar-refractivity contribution in [3.05, 3.63) is 82.9 Å². The fraction of sp³-hybridized carbons (Fsp3) is 0.200. The van der Waals surface area contributed by atoms with E-state index in [4.69, 9.17) is 0 Å². The Morgan fingerprint density at radius 3 is 2.65 bits per heavy atom. The summed E-state index contributed by atoms with van der Waals surface area (Å²) < 4.78 is 0. The van der Waals surface area contributed by atoms with Gasteiger partial charge in [-0.2, -0.15) is 0 Å². The molecule has 0 atom stereocenters. The minimum Gasteiger partial charge on any atom is -0.349 e. The van der Waals surface area contributed by atoms with Crippen LogP contribution < -0.4 is 10.6 Å². The number of rotatable bonds is 6.